The summed E-state index contributed by atoms with van der Waals surface area (Å²) in [5.41, 5.74) is -5.49. The van der Waals surface area contributed by atoms with Gasteiger partial charge in [-0.2, -0.15) is 21.6 Å². The molecule has 0 N–H and O–H groups in total. The number of ketones is 1. The van der Waals surface area contributed by atoms with Gasteiger partial charge < -0.3 is 4.18 Å². The van der Waals surface area contributed by atoms with E-state index in [2.05, 4.69) is 4.18 Å². The molecule has 0 aliphatic carbocycles. The highest BCUT2D eigenvalue weighted by Gasteiger charge is 2.48. The highest BCUT2D eigenvalue weighted by Crippen LogP contribution is 2.27. The van der Waals surface area contributed by atoms with Crippen molar-refractivity contribution in [3.63, 3.8) is 0 Å². The average molecular weight is 260 g/mol. The summed E-state index contributed by atoms with van der Waals surface area (Å²) < 4.78 is 60.8. The van der Waals surface area contributed by atoms with E-state index in [0.29, 0.717) is 0 Å². The van der Waals surface area contributed by atoms with Crippen LogP contribution in [0.15, 0.2) is 11.8 Å². The van der Waals surface area contributed by atoms with E-state index >= 15 is 0 Å². The van der Waals surface area contributed by atoms with Crippen molar-refractivity contribution in [3.05, 3.63) is 11.8 Å². The minimum Gasteiger partial charge on any atom is -0.380 e. The Kier molecular flexibility index (Phi) is 4.98. The van der Waals surface area contributed by atoms with Crippen LogP contribution in [0, 0.1) is 0 Å². The van der Waals surface area contributed by atoms with Crippen LogP contribution in [0.2, 0.25) is 0 Å². The van der Waals surface area contributed by atoms with Crippen LogP contribution in [-0.2, 0) is 19.1 Å². The van der Waals surface area contributed by atoms with Gasteiger partial charge in [0.25, 0.3) is 0 Å². The summed E-state index contributed by atoms with van der Waals surface area (Å²) >= 11 is 0. The SMILES string of the molecule is CCC(=O)/C=C(\CC)OS(=O)(=O)C(F)(F)F. The maximum absolute atomic E-state index is 11.9. The zero-order valence-electron chi connectivity index (χ0n) is 8.67. The molecule has 0 radical (unpaired) electrons. The Morgan fingerprint density at radius 2 is 1.75 bits per heavy atom. The molecule has 94 valence electrons. The predicted octanol–water partition coefficient (Wildman–Crippen LogP) is 2.13. The van der Waals surface area contributed by atoms with Crippen molar-refractivity contribution in [2.45, 2.75) is 32.2 Å². The fraction of sp³-hybridized carbons (Fsp3) is 0.625. The number of rotatable bonds is 5. The summed E-state index contributed by atoms with van der Waals surface area (Å²) in [6.07, 6.45) is 0.684. The smallest absolute Gasteiger partial charge is 0.380 e. The molecule has 0 spiro atoms. The number of hydrogen-bond donors (Lipinski definition) is 0. The summed E-state index contributed by atoms with van der Waals surface area (Å²) in [7, 11) is -5.68. The van der Waals surface area contributed by atoms with Crippen LogP contribution in [0.4, 0.5) is 13.2 Å². The van der Waals surface area contributed by atoms with Crippen molar-refractivity contribution in [3.8, 4) is 0 Å². The molecule has 8 heteroatoms. The van der Waals surface area contributed by atoms with Gasteiger partial charge in [-0.1, -0.05) is 13.8 Å². The van der Waals surface area contributed by atoms with Gasteiger partial charge in [-0.25, -0.2) is 0 Å². The Labute approximate surface area is 91.2 Å². The summed E-state index contributed by atoms with van der Waals surface area (Å²) in [6, 6.07) is 0. The van der Waals surface area contributed by atoms with Crippen molar-refractivity contribution in [2.75, 3.05) is 0 Å². The van der Waals surface area contributed by atoms with Crippen LogP contribution in [0.5, 0.6) is 0 Å². The minimum atomic E-state index is -5.68. The topological polar surface area (TPSA) is 60.4 Å². The molecular weight excluding hydrogens is 249 g/mol. The second kappa shape index (κ2) is 5.33. The van der Waals surface area contributed by atoms with Gasteiger partial charge in [-0.3, -0.25) is 4.79 Å². The Bertz CT molecular complexity index is 381. The maximum atomic E-state index is 11.9. The number of carbonyl (C=O) groups is 1. The summed E-state index contributed by atoms with van der Waals surface area (Å²) in [4.78, 5) is 10.9. The Balaban J connectivity index is 4.96. The number of hydrogen-bond acceptors (Lipinski definition) is 4. The second-order valence-corrected chi connectivity index (χ2v) is 4.31. The van der Waals surface area contributed by atoms with E-state index in [0.717, 1.165) is 6.08 Å². The average Bonchev–Trinajstić information content (AvgIpc) is 2.14. The van der Waals surface area contributed by atoms with E-state index in [1.54, 1.807) is 0 Å². The molecule has 0 fully saturated rings. The molecule has 4 nitrogen and oxygen atoms in total. The van der Waals surface area contributed by atoms with E-state index in [-0.39, 0.29) is 12.8 Å². The van der Waals surface area contributed by atoms with Crippen LogP contribution in [-0.4, -0.2) is 19.7 Å². The lowest BCUT2D eigenvalue weighted by molar-refractivity contribution is -0.114. The monoisotopic (exact) mass is 260 g/mol. The summed E-state index contributed by atoms with van der Waals surface area (Å²) in [6.45, 7) is 2.87. The van der Waals surface area contributed by atoms with E-state index in [4.69, 9.17) is 0 Å². The number of alkyl halides is 3. The van der Waals surface area contributed by atoms with Crippen LogP contribution in [0.25, 0.3) is 0 Å². The van der Waals surface area contributed by atoms with Gasteiger partial charge in [0, 0.05) is 18.9 Å². The number of carbonyl (C=O) groups excluding carboxylic acids is 1. The lowest BCUT2D eigenvalue weighted by Crippen LogP contribution is -2.25. The van der Waals surface area contributed by atoms with E-state index in [1.807, 2.05) is 0 Å². The summed E-state index contributed by atoms with van der Waals surface area (Å²) in [5, 5.41) is 0. The second-order valence-electron chi connectivity index (χ2n) is 2.77. The molecule has 0 rings (SSSR count). The lowest BCUT2D eigenvalue weighted by atomic mass is 10.2. The molecule has 0 aliphatic rings. The van der Waals surface area contributed by atoms with Gasteiger partial charge in [0.2, 0.25) is 0 Å². The number of allylic oxidation sites excluding steroid dienone is 2. The molecule has 0 amide bonds. The van der Waals surface area contributed by atoms with Crippen molar-refractivity contribution < 1.29 is 30.6 Å². The first-order valence-electron chi connectivity index (χ1n) is 4.38. The molecule has 0 aromatic heterocycles. The highest BCUT2D eigenvalue weighted by atomic mass is 32.2. The minimum absolute atomic E-state index is 0.0545. The van der Waals surface area contributed by atoms with E-state index in [9.17, 15) is 26.4 Å². The van der Waals surface area contributed by atoms with Gasteiger partial charge in [0.1, 0.15) is 5.76 Å². The zero-order chi connectivity index (χ0) is 13.0. The normalized spacial score (nSPS) is 13.7. The van der Waals surface area contributed by atoms with E-state index < -0.39 is 27.2 Å². The Morgan fingerprint density at radius 3 is 2.06 bits per heavy atom. The van der Waals surface area contributed by atoms with Crippen LogP contribution in [0.1, 0.15) is 26.7 Å². The molecule has 0 aromatic carbocycles. The third-order valence-corrected chi connectivity index (χ3v) is 2.52. The van der Waals surface area contributed by atoms with Gasteiger partial charge >= 0.3 is 15.6 Å². The van der Waals surface area contributed by atoms with Crippen molar-refractivity contribution >= 4 is 15.9 Å². The molecule has 0 aliphatic heterocycles. The van der Waals surface area contributed by atoms with Gasteiger partial charge in [-0.05, 0) is 0 Å². The Hall–Kier alpha value is -1.05. The standard InChI is InChI=1S/C8H11F3O4S/c1-3-6(12)5-7(4-2)15-16(13,14)8(9,10)11/h5H,3-4H2,1-2H3/b7-5+. The molecule has 0 atom stereocenters. The first-order valence-corrected chi connectivity index (χ1v) is 5.79. The molecular formula is C8H11F3O4S. The third-order valence-electron chi connectivity index (χ3n) is 1.52. The van der Waals surface area contributed by atoms with Crippen molar-refractivity contribution in [2.24, 2.45) is 0 Å². The molecule has 0 heterocycles. The van der Waals surface area contributed by atoms with Crippen molar-refractivity contribution in [1.82, 2.24) is 0 Å². The molecule has 0 unspecified atom stereocenters. The number of halogens is 3. The van der Waals surface area contributed by atoms with Gasteiger partial charge in [0.15, 0.2) is 5.78 Å². The molecule has 0 saturated carbocycles. The summed E-state index contributed by atoms with van der Waals surface area (Å²) in [5.74, 6) is -1.03. The lowest BCUT2D eigenvalue weighted by Gasteiger charge is -2.10. The molecule has 0 saturated heterocycles. The van der Waals surface area contributed by atoms with Crippen LogP contribution >= 0.6 is 0 Å². The quantitative estimate of drug-likeness (QED) is 0.329. The molecule has 0 aromatic rings. The van der Waals surface area contributed by atoms with Crippen molar-refractivity contribution in [1.29, 1.82) is 0 Å². The third kappa shape index (κ3) is 4.21. The van der Waals surface area contributed by atoms with Crippen LogP contribution < -0.4 is 0 Å². The fourth-order valence-electron chi connectivity index (χ4n) is 0.655. The largest absolute Gasteiger partial charge is 0.534 e. The molecule has 0 bridgehead atoms. The van der Waals surface area contributed by atoms with Crippen LogP contribution in [0.3, 0.4) is 0 Å². The zero-order valence-corrected chi connectivity index (χ0v) is 9.48. The van der Waals surface area contributed by atoms with Gasteiger partial charge in [-0.15, -0.1) is 0 Å². The first-order chi connectivity index (χ1) is 7.14. The predicted molar refractivity (Wildman–Crippen MR) is 49.7 cm³/mol. The fourth-order valence-corrected chi connectivity index (χ4v) is 1.20. The molecule has 16 heavy (non-hydrogen) atoms. The Morgan fingerprint density at radius 1 is 1.25 bits per heavy atom. The van der Waals surface area contributed by atoms with E-state index in [1.165, 1.54) is 13.8 Å². The first kappa shape index (κ1) is 14.9. The van der Waals surface area contributed by atoms with Gasteiger partial charge in [0.05, 0.1) is 0 Å². The highest BCUT2D eigenvalue weighted by molar-refractivity contribution is 7.87. The maximum Gasteiger partial charge on any atom is 0.534 e.